The molecule has 0 saturated carbocycles. The van der Waals surface area contributed by atoms with Crippen LogP contribution in [0.2, 0.25) is 0 Å². The normalized spacial score (nSPS) is 13.7. The highest BCUT2D eigenvalue weighted by Crippen LogP contribution is 2.33. The number of hydrogen-bond acceptors (Lipinski definition) is 2. The van der Waals surface area contributed by atoms with E-state index in [0.29, 0.717) is 29.2 Å². The molecule has 108 valence electrons. The summed E-state index contributed by atoms with van der Waals surface area (Å²) in [6.07, 6.45) is -4.34. The lowest BCUT2D eigenvalue weighted by Gasteiger charge is -2.20. The molecule has 1 rings (SSSR count). The van der Waals surface area contributed by atoms with E-state index in [9.17, 15) is 13.2 Å². The third-order valence-corrected chi connectivity index (χ3v) is 3.50. The molecular weight excluding hydrogens is 321 g/mol. The van der Waals surface area contributed by atoms with Gasteiger partial charge in [0.2, 0.25) is 0 Å². The number of nitrogens with one attached hydrogen (secondary N) is 1. The minimum Gasteiger partial charge on any atom is -0.385 e. The molecule has 0 bridgehead atoms. The first-order valence-corrected chi connectivity index (χ1v) is 6.85. The molecule has 19 heavy (non-hydrogen) atoms. The molecule has 0 aliphatic rings. The quantitative estimate of drug-likeness (QED) is 0.847. The second-order valence-corrected chi connectivity index (χ2v) is 5.76. The molecule has 6 heteroatoms. The van der Waals surface area contributed by atoms with E-state index < -0.39 is 11.7 Å². The standard InChI is InChI=1S/C13H18BrF3N2/c1-8(2)9(6-18)7-19-12-4-10(13(15,16)17)3-11(14)5-12/h3-5,8-9,19H,6-7,18H2,1-2H3. The van der Waals surface area contributed by atoms with E-state index >= 15 is 0 Å². The van der Waals surface area contributed by atoms with Crippen molar-refractivity contribution in [1.29, 1.82) is 0 Å². The van der Waals surface area contributed by atoms with Crippen LogP contribution >= 0.6 is 15.9 Å². The number of halogens is 4. The van der Waals surface area contributed by atoms with Crippen molar-refractivity contribution < 1.29 is 13.2 Å². The highest BCUT2D eigenvalue weighted by Gasteiger charge is 2.31. The number of benzene rings is 1. The monoisotopic (exact) mass is 338 g/mol. The summed E-state index contributed by atoms with van der Waals surface area (Å²) >= 11 is 3.09. The van der Waals surface area contributed by atoms with Crippen LogP contribution in [-0.4, -0.2) is 13.1 Å². The molecule has 1 unspecified atom stereocenters. The van der Waals surface area contributed by atoms with Crippen molar-refractivity contribution >= 4 is 21.6 Å². The van der Waals surface area contributed by atoms with Crippen LogP contribution < -0.4 is 11.1 Å². The molecule has 0 fully saturated rings. The van der Waals surface area contributed by atoms with Crippen molar-refractivity contribution in [3.63, 3.8) is 0 Å². The second kappa shape index (κ2) is 6.61. The van der Waals surface area contributed by atoms with Crippen LogP contribution in [0.15, 0.2) is 22.7 Å². The van der Waals surface area contributed by atoms with Gasteiger partial charge in [0.15, 0.2) is 0 Å². The summed E-state index contributed by atoms with van der Waals surface area (Å²) in [6, 6.07) is 3.80. The van der Waals surface area contributed by atoms with Crippen molar-refractivity contribution in [2.45, 2.75) is 20.0 Å². The van der Waals surface area contributed by atoms with Gasteiger partial charge in [0.25, 0.3) is 0 Å². The number of hydrogen-bond donors (Lipinski definition) is 2. The Morgan fingerprint density at radius 3 is 2.37 bits per heavy atom. The molecule has 0 aliphatic heterocycles. The predicted molar refractivity (Wildman–Crippen MR) is 75.0 cm³/mol. The zero-order valence-electron chi connectivity index (χ0n) is 10.9. The van der Waals surface area contributed by atoms with Crippen molar-refractivity contribution in [1.82, 2.24) is 0 Å². The van der Waals surface area contributed by atoms with Crippen LogP contribution in [-0.2, 0) is 6.18 Å². The third-order valence-electron chi connectivity index (χ3n) is 3.04. The van der Waals surface area contributed by atoms with Gasteiger partial charge in [0.05, 0.1) is 5.56 Å². The van der Waals surface area contributed by atoms with Crippen LogP contribution in [0.25, 0.3) is 0 Å². The fourth-order valence-electron chi connectivity index (χ4n) is 1.70. The summed E-state index contributed by atoms with van der Waals surface area (Å²) in [4.78, 5) is 0. The molecule has 0 saturated heterocycles. The van der Waals surface area contributed by atoms with Gasteiger partial charge in [-0.1, -0.05) is 29.8 Å². The number of anilines is 1. The highest BCUT2D eigenvalue weighted by atomic mass is 79.9. The maximum Gasteiger partial charge on any atom is 0.416 e. The summed E-state index contributed by atoms with van der Waals surface area (Å²) < 4.78 is 38.4. The second-order valence-electron chi connectivity index (χ2n) is 4.85. The van der Waals surface area contributed by atoms with Gasteiger partial charge in [-0.2, -0.15) is 13.2 Å². The fourth-order valence-corrected chi connectivity index (χ4v) is 2.19. The SMILES string of the molecule is CC(C)C(CN)CNc1cc(Br)cc(C(F)(F)F)c1. The van der Waals surface area contributed by atoms with Gasteiger partial charge in [-0.3, -0.25) is 0 Å². The first kappa shape index (κ1) is 16.3. The lowest BCUT2D eigenvalue weighted by atomic mass is 9.96. The van der Waals surface area contributed by atoms with Crippen LogP contribution in [0.4, 0.5) is 18.9 Å². The van der Waals surface area contributed by atoms with E-state index in [1.807, 2.05) is 13.8 Å². The first-order valence-electron chi connectivity index (χ1n) is 6.05. The Bertz CT molecular complexity index is 419. The number of rotatable bonds is 5. The van der Waals surface area contributed by atoms with E-state index in [1.54, 1.807) is 6.07 Å². The molecular formula is C13H18BrF3N2. The molecule has 0 aromatic heterocycles. The molecule has 1 aromatic carbocycles. The highest BCUT2D eigenvalue weighted by molar-refractivity contribution is 9.10. The topological polar surface area (TPSA) is 38.0 Å². The summed E-state index contributed by atoms with van der Waals surface area (Å²) in [5.74, 6) is 0.611. The molecule has 3 N–H and O–H groups in total. The Labute approximate surface area is 119 Å². The minimum absolute atomic E-state index is 0.230. The van der Waals surface area contributed by atoms with Crippen molar-refractivity contribution in [3.8, 4) is 0 Å². The molecule has 0 radical (unpaired) electrons. The Morgan fingerprint density at radius 2 is 1.89 bits per heavy atom. The van der Waals surface area contributed by atoms with E-state index in [1.165, 1.54) is 0 Å². The lowest BCUT2D eigenvalue weighted by molar-refractivity contribution is -0.137. The average Bonchev–Trinajstić information content (AvgIpc) is 2.27. The van der Waals surface area contributed by atoms with Crippen LogP contribution in [0.1, 0.15) is 19.4 Å². The van der Waals surface area contributed by atoms with Gasteiger partial charge in [0.1, 0.15) is 0 Å². The number of nitrogens with two attached hydrogens (primary N) is 1. The van der Waals surface area contributed by atoms with Crippen LogP contribution in [0, 0.1) is 11.8 Å². The molecule has 0 amide bonds. The molecule has 2 nitrogen and oxygen atoms in total. The molecule has 0 heterocycles. The Balaban J connectivity index is 2.82. The zero-order valence-corrected chi connectivity index (χ0v) is 12.5. The van der Waals surface area contributed by atoms with Gasteiger partial charge in [-0.25, -0.2) is 0 Å². The molecule has 0 spiro atoms. The summed E-state index contributed by atoms with van der Waals surface area (Å²) in [5, 5.41) is 3.02. The van der Waals surface area contributed by atoms with E-state index in [0.717, 1.165) is 12.1 Å². The molecule has 1 atom stereocenters. The molecule has 1 aromatic rings. The van der Waals surface area contributed by atoms with Crippen LogP contribution in [0.5, 0.6) is 0 Å². The van der Waals surface area contributed by atoms with Crippen molar-refractivity contribution in [2.75, 3.05) is 18.4 Å². The summed E-state index contributed by atoms with van der Waals surface area (Å²) in [7, 11) is 0. The van der Waals surface area contributed by atoms with Crippen molar-refractivity contribution in [3.05, 3.63) is 28.2 Å². The van der Waals surface area contributed by atoms with Crippen LogP contribution in [0.3, 0.4) is 0 Å². The van der Waals surface area contributed by atoms with Gasteiger partial charge < -0.3 is 11.1 Å². The Morgan fingerprint density at radius 1 is 1.26 bits per heavy atom. The smallest absolute Gasteiger partial charge is 0.385 e. The predicted octanol–water partition coefficient (Wildman–Crippen LogP) is 4.11. The van der Waals surface area contributed by atoms with Gasteiger partial charge >= 0.3 is 6.18 Å². The van der Waals surface area contributed by atoms with Gasteiger partial charge in [-0.05, 0) is 36.6 Å². The lowest BCUT2D eigenvalue weighted by Crippen LogP contribution is -2.27. The number of alkyl halides is 3. The van der Waals surface area contributed by atoms with Crippen molar-refractivity contribution in [2.24, 2.45) is 17.6 Å². The Hall–Kier alpha value is -0.750. The third kappa shape index (κ3) is 5.03. The first-order chi connectivity index (χ1) is 8.74. The maximum atomic E-state index is 12.7. The Kier molecular flexibility index (Phi) is 5.67. The minimum atomic E-state index is -4.34. The summed E-state index contributed by atoms with van der Waals surface area (Å²) in [5.41, 5.74) is 5.41. The fraction of sp³-hybridized carbons (Fsp3) is 0.538. The van der Waals surface area contributed by atoms with E-state index in [-0.39, 0.29) is 5.92 Å². The van der Waals surface area contributed by atoms with E-state index in [4.69, 9.17) is 5.73 Å². The summed E-state index contributed by atoms with van der Waals surface area (Å²) in [6.45, 7) is 5.15. The van der Waals surface area contributed by atoms with Gasteiger partial charge in [0, 0.05) is 16.7 Å². The van der Waals surface area contributed by atoms with E-state index in [2.05, 4.69) is 21.2 Å². The average molecular weight is 339 g/mol. The zero-order chi connectivity index (χ0) is 14.6. The largest absolute Gasteiger partial charge is 0.416 e. The molecule has 0 aliphatic carbocycles. The maximum absolute atomic E-state index is 12.7. The van der Waals surface area contributed by atoms with Gasteiger partial charge in [-0.15, -0.1) is 0 Å².